The molecule has 1 rings (SSSR count). The van der Waals surface area contributed by atoms with Gasteiger partial charge in [0.15, 0.2) is 0 Å². The fourth-order valence-corrected chi connectivity index (χ4v) is 1.05. The second-order valence-electron chi connectivity index (χ2n) is 2.61. The molecule has 72 valence electrons. The van der Waals surface area contributed by atoms with Crippen LogP contribution in [-0.2, 0) is 0 Å². The molecule has 0 spiro atoms. The maximum Gasteiger partial charge on any atom is 0.128 e. The number of pyridine rings is 1. The number of rotatable bonds is 3. The molecule has 0 bridgehead atoms. The largest absolute Gasteiger partial charge is 0.383 e. The third-order valence-electron chi connectivity index (χ3n) is 1.69. The molecule has 0 fully saturated rings. The highest BCUT2D eigenvalue weighted by Crippen LogP contribution is 2.18. The Morgan fingerprint density at radius 3 is 2.85 bits per heavy atom. The van der Waals surface area contributed by atoms with Gasteiger partial charge in [-0.1, -0.05) is 12.1 Å². The summed E-state index contributed by atoms with van der Waals surface area (Å²) in [5.74, 6) is 0.506. The second-order valence-corrected chi connectivity index (χ2v) is 2.61. The van der Waals surface area contributed by atoms with Crippen molar-refractivity contribution in [3.05, 3.63) is 36.5 Å². The van der Waals surface area contributed by atoms with Gasteiger partial charge < -0.3 is 11.5 Å². The summed E-state index contributed by atoms with van der Waals surface area (Å²) in [6.45, 7) is 3.61. The summed E-state index contributed by atoms with van der Waals surface area (Å²) in [5.41, 5.74) is 12.3. The lowest BCUT2D eigenvalue weighted by Gasteiger charge is -2.10. The van der Waals surface area contributed by atoms with Crippen LogP contribution in [0, 0.1) is 0 Å². The maximum absolute atomic E-state index is 5.82. The number of halogens is 1. The molecular weight excluding hydrogens is 186 g/mol. The van der Waals surface area contributed by atoms with Crippen LogP contribution in [0.2, 0.25) is 0 Å². The molecule has 1 aromatic heterocycles. The van der Waals surface area contributed by atoms with E-state index in [1.165, 1.54) is 0 Å². The third-order valence-corrected chi connectivity index (χ3v) is 1.69. The van der Waals surface area contributed by atoms with Gasteiger partial charge in [0.25, 0.3) is 0 Å². The average Bonchev–Trinajstić information content (AvgIpc) is 2.05. The first kappa shape index (κ1) is 11.9. The van der Waals surface area contributed by atoms with Gasteiger partial charge in [-0.05, 0) is 12.5 Å². The Balaban J connectivity index is 0.00000144. The molecule has 0 saturated heterocycles. The van der Waals surface area contributed by atoms with E-state index >= 15 is 0 Å². The van der Waals surface area contributed by atoms with E-state index in [1.54, 1.807) is 12.3 Å². The van der Waals surface area contributed by atoms with E-state index < -0.39 is 0 Å². The molecule has 1 heterocycles. The van der Waals surface area contributed by atoms with Crippen molar-refractivity contribution in [3.8, 4) is 0 Å². The number of nitrogens with zero attached hydrogens (tertiary/aromatic N) is 1. The van der Waals surface area contributed by atoms with Gasteiger partial charge in [0.1, 0.15) is 5.82 Å². The Hall–Kier alpha value is -1.06. The van der Waals surface area contributed by atoms with E-state index in [9.17, 15) is 0 Å². The summed E-state index contributed by atoms with van der Waals surface area (Å²) in [4.78, 5) is 3.95. The Morgan fingerprint density at radius 1 is 1.62 bits per heavy atom. The molecule has 0 aliphatic heterocycles. The van der Waals surface area contributed by atoms with Crippen LogP contribution in [0.15, 0.2) is 31.0 Å². The van der Waals surface area contributed by atoms with Crippen molar-refractivity contribution in [3.63, 3.8) is 0 Å². The zero-order valence-corrected chi connectivity index (χ0v) is 8.13. The zero-order chi connectivity index (χ0) is 8.97. The lowest BCUT2D eigenvalue weighted by atomic mass is 10.1. The second kappa shape index (κ2) is 5.56. The van der Waals surface area contributed by atoms with Gasteiger partial charge >= 0.3 is 0 Å². The van der Waals surface area contributed by atoms with E-state index in [0.29, 0.717) is 5.82 Å². The van der Waals surface area contributed by atoms with Gasteiger partial charge in [-0.15, -0.1) is 19.0 Å². The summed E-state index contributed by atoms with van der Waals surface area (Å²) < 4.78 is 0. The van der Waals surface area contributed by atoms with Crippen molar-refractivity contribution in [1.82, 2.24) is 4.98 Å². The van der Waals surface area contributed by atoms with Crippen molar-refractivity contribution in [1.29, 1.82) is 0 Å². The van der Waals surface area contributed by atoms with Crippen LogP contribution in [0.4, 0.5) is 5.82 Å². The number of hydrogen-bond donors (Lipinski definition) is 2. The normalized spacial score (nSPS) is 11.5. The predicted octanol–water partition coefficient (Wildman–Crippen LogP) is 1.66. The van der Waals surface area contributed by atoms with Crippen molar-refractivity contribution >= 4 is 18.2 Å². The van der Waals surface area contributed by atoms with Crippen LogP contribution in [0.1, 0.15) is 18.0 Å². The minimum Gasteiger partial charge on any atom is -0.383 e. The minimum atomic E-state index is -0.0869. The van der Waals surface area contributed by atoms with Gasteiger partial charge in [-0.2, -0.15) is 0 Å². The first-order chi connectivity index (χ1) is 5.75. The van der Waals surface area contributed by atoms with Gasteiger partial charge in [0, 0.05) is 17.8 Å². The molecule has 0 saturated carbocycles. The van der Waals surface area contributed by atoms with Crippen LogP contribution >= 0.6 is 12.4 Å². The molecule has 0 aliphatic rings. The smallest absolute Gasteiger partial charge is 0.128 e. The molecule has 0 amide bonds. The summed E-state index contributed by atoms with van der Waals surface area (Å²) in [5, 5.41) is 0. The van der Waals surface area contributed by atoms with E-state index in [0.717, 1.165) is 12.0 Å². The van der Waals surface area contributed by atoms with Gasteiger partial charge in [-0.25, -0.2) is 4.98 Å². The topological polar surface area (TPSA) is 64.9 Å². The Labute approximate surface area is 84.3 Å². The van der Waals surface area contributed by atoms with Crippen molar-refractivity contribution < 1.29 is 0 Å². The number of hydrogen-bond acceptors (Lipinski definition) is 3. The minimum absolute atomic E-state index is 0. The summed E-state index contributed by atoms with van der Waals surface area (Å²) in [7, 11) is 0. The Bertz CT molecular complexity index is 275. The molecule has 0 aliphatic carbocycles. The molecule has 4 N–H and O–H groups in total. The van der Waals surface area contributed by atoms with Crippen LogP contribution in [0.3, 0.4) is 0 Å². The van der Waals surface area contributed by atoms with E-state index in [2.05, 4.69) is 11.6 Å². The summed E-state index contributed by atoms with van der Waals surface area (Å²) in [6.07, 6.45) is 4.15. The number of anilines is 1. The highest BCUT2D eigenvalue weighted by molar-refractivity contribution is 5.85. The molecular formula is C9H14ClN3. The van der Waals surface area contributed by atoms with Crippen LogP contribution in [0.25, 0.3) is 0 Å². The van der Waals surface area contributed by atoms with E-state index in [4.69, 9.17) is 11.5 Å². The monoisotopic (exact) mass is 199 g/mol. The Morgan fingerprint density at radius 2 is 2.31 bits per heavy atom. The van der Waals surface area contributed by atoms with Crippen molar-refractivity contribution in [2.45, 2.75) is 12.5 Å². The first-order valence-corrected chi connectivity index (χ1v) is 3.82. The quantitative estimate of drug-likeness (QED) is 0.728. The average molecular weight is 200 g/mol. The summed E-state index contributed by atoms with van der Waals surface area (Å²) >= 11 is 0. The molecule has 0 aromatic carbocycles. The van der Waals surface area contributed by atoms with Gasteiger partial charge in [-0.3, -0.25) is 0 Å². The third kappa shape index (κ3) is 3.05. The van der Waals surface area contributed by atoms with Crippen molar-refractivity contribution in [2.75, 3.05) is 5.73 Å². The number of nitrogen functional groups attached to an aromatic ring is 1. The SMILES string of the molecule is C=CC[C@@H](N)c1cccnc1N.Cl. The van der Waals surface area contributed by atoms with Crippen LogP contribution in [-0.4, -0.2) is 4.98 Å². The highest BCUT2D eigenvalue weighted by Gasteiger charge is 2.06. The number of aromatic nitrogens is 1. The van der Waals surface area contributed by atoms with Gasteiger partial charge in [0.2, 0.25) is 0 Å². The van der Waals surface area contributed by atoms with E-state index in [1.807, 2.05) is 12.1 Å². The van der Waals surface area contributed by atoms with Crippen LogP contribution < -0.4 is 11.5 Å². The molecule has 0 unspecified atom stereocenters. The molecule has 1 aromatic rings. The predicted molar refractivity (Wildman–Crippen MR) is 57.6 cm³/mol. The fourth-order valence-electron chi connectivity index (χ4n) is 1.05. The van der Waals surface area contributed by atoms with Gasteiger partial charge in [0.05, 0.1) is 0 Å². The van der Waals surface area contributed by atoms with E-state index in [-0.39, 0.29) is 18.4 Å². The molecule has 4 heteroatoms. The molecule has 1 atom stereocenters. The molecule has 13 heavy (non-hydrogen) atoms. The standard InChI is InChI=1S/C9H13N3.ClH/c1-2-4-8(10)7-5-3-6-12-9(7)11;/h2-3,5-6,8H,1,4,10H2,(H2,11,12);1H/t8-;/m1./s1. The molecule has 0 radical (unpaired) electrons. The maximum atomic E-state index is 5.82. The number of nitrogens with two attached hydrogens (primary N) is 2. The van der Waals surface area contributed by atoms with Crippen molar-refractivity contribution in [2.24, 2.45) is 5.73 Å². The highest BCUT2D eigenvalue weighted by atomic mass is 35.5. The van der Waals surface area contributed by atoms with Crippen LogP contribution in [0.5, 0.6) is 0 Å². The Kier molecular flexibility index (Phi) is 5.11. The lowest BCUT2D eigenvalue weighted by Crippen LogP contribution is -2.12. The summed E-state index contributed by atoms with van der Waals surface area (Å²) in [6, 6.07) is 3.63. The molecule has 3 nitrogen and oxygen atoms in total. The zero-order valence-electron chi connectivity index (χ0n) is 7.31. The lowest BCUT2D eigenvalue weighted by molar-refractivity contribution is 0.741. The first-order valence-electron chi connectivity index (χ1n) is 3.82. The fraction of sp³-hybridized carbons (Fsp3) is 0.222.